The fourth-order valence-electron chi connectivity index (χ4n) is 3.73. The first-order chi connectivity index (χ1) is 12.7. The molecule has 8 nitrogen and oxygen atoms in total. The van der Waals surface area contributed by atoms with Crippen LogP contribution in [0.1, 0.15) is 32.9 Å². The van der Waals surface area contributed by atoms with E-state index in [2.05, 4.69) is 20.0 Å². The summed E-state index contributed by atoms with van der Waals surface area (Å²) in [5, 5.41) is 10.1. The van der Waals surface area contributed by atoms with E-state index in [9.17, 15) is 27.6 Å². The number of pyridine rings is 1. The Morgan fingerprint density at radius 2 is 2.04 bits per heavy atom. The van der Waals surface area contributed by atoms with Crippen LogP contribution >= 0.6 is 10.5 Å². The fraction of sp³-hybridized carbons (Fsp3) is 0.562. The highest BCUT2D eigenvalue weighted by Gasteiger charge is 2.64. The lowest BCUT2D eigenvalue weighted by atomic mass is 9.88. The first kappa shape index (κ1) is 20.7. The van der Waals surface area contributed by atoms with Crippen molar-refractivity contribution in [2.45, 2.75) is 48.7 Å². The van der Waals surface area contributed by atoms with Crippen molar-refractivity contribution in [2.75, 3.05) is 12.3 Å². The van der Waals surface area contributed by atoms with Gasteiger partial charge >= 0.3 is 6.09 Å². The Balaban J connectivity index is 2.31. The van der Waals surface area contributed by atoms with Crippen molar-refractivity contribution in [1.82, 2.24) is 15.0 Å². The molecule has 156 valence electrons. The van der Waals surface area contributed by atoms with Gasteiger partial charge < -0.3 is 15.4 Å². The molecule has 0 aliphatic carbocycles. The van der Waals surface area contributed by atoms with Crippen molar-refractivity contribution >= 4 is 28.2 Å². The molecule has 2 aliphatic heterocycles. The van der Waals surface area contributed by atoms with Crippen molar-refractivity contribution in [2.24, 2.45) is 4.99 Å². The summed E-state index contributed by atoms with van der Waals surface area (Å²) >= 11 is 0. The van der Waals surface area contributed by atoms with E-state index in [-0.39, 0.29) is 17.3 Å². The number of carboxylic acid groups (broad SMARTS) is 1. The molecule has 0 radical (unpaired) electrons. The van der Waals surface area contributed by atoms with Crippen LogP contribution in [-0.4, -0.2) is 49.0 Å². The highest BCUT2D eigenvalue weighted by molar-refractivity contribution is 8.29. The molecule has 0 saturated carbocycles. The van der Waals surface area contributed by atoms with Crippen LogP contribution in [0.4, 0.5) is 23.8 Å². The molecule has 1 fully saturated rings. The van der Waals surface area contributed by atoms with Crippen LogP contribution in [0.25, 0.3) is 0 Å². The topological polar surface area (TPSA) is 133 Å². The molecular weight excluding hydrogens is 399 g/mol. The Morgan fingerprint density at radius 3 is 2.64 bits per heavy atom. The largest absolute Gasteiger partial charge is 0.465 e. The second-order valence-electron chi connectivity index (χ2n) is 7.61. The molecule has 12 heteroatoms. The Labute approximate surface area is 161 Å². The summed E-state index contributed by atoms with van der Waals surface area (Å²) in [5.41, 5.74) is 3.55. The van der Waals surface area contributed by atoms with E-state index in [0.29, 0.717) is 0 Å². The van der Waals surface area contributed by atoms with Gasteiger partial charge in [0.1, 0.15) is 28.7 Å². The lowest BCUT2D eigenvalue weighted by Gasteiger charge is -2.62. The maximum Gasteiger partial charge on any atom is 0.410 e. The third kappa shape index (κ3) is 2.99. The number of hydrogen-bond acceptors (Lipinski definition) is 6. The summed E-state index contributed by atoms with van der Waals surface area (Å²) in [7, 11) is -3.15. The highest BCUT2D eigenvalue weighted by atomic mass is 32.3. The average molecular weight is 421 g/mol. The number of nitrogen functional groups attached to an aromatic ring is 1. The summed E-state index contributed by atoms with van der Waals surface area (Å²) in [6.45, 7) is 3.57. The number of halogens is 3. The summed E-state index contributed by atoms with van der Waals surface area (Å²) in [4.78, 5) is 19.6. The van der Waals surface area contributed by atoms with Crippen LogP contribution in [0.15, 0.2) is 17.1 Å². The van der Waals surface area contributed by atoms with Gasteiger partial charge in [0.15, 0.2) is 0 Å². The molecule has 1 unspecified atom stereocenters. The molecule has 3 heterocycles. The number of aliphatic imine (C=N–C) groups is 1. The summed E-state index contributed by atoms with van der Waals surface area (Å²) in [6.07, 6.45) is -2.22. The van der Waals surface area contributed by atoms with E-state index < -0.39 is 56.8 Å². The predicted octanol–water partition coefficient (Wildman–Crippen LogP) is 2.67. The molecule has 6 N–H and O–H groups in total. The lowest BCUT2D eigenvalue weighted by molar-refractivity contribution is -0.0148. The van der Waals surface area contributed by atoms with E-state index in [1.165, 1.54) is 26.8 Å². The van der Waals surface area contributed by atoms with Crippen molar-refractivity contribution in [3.05, 3.63) is 23.6 Å². The van der Waals surface area contributed by atoms with Gasteiger partial charge in [-0.05, 0) is 32.9 Å². The van der Waals surface area contributed by atoms with E-state index in [1.54, 1.807) is 0 Å². The minimum absolute atomic E-state index is 0.0560. The van der Waals surface area contributed by atoms with Crippen LogP contribution < -0.4 is 15.8 Å². The Bertz CT molecular complexity index is 868. The van der Waals surface area contributed by atoms with E-state index >= 15 is 0 Å². The number of nitrogens with two attached hydrogens (primary N) is 1. The molecule has 1 aromatic rings. The number of amidine groups is 1. The zero-order valence-corrected chi connectivity index (χ0v) is 16.3. The van der Waals surface area contributed by atoms with Gasteiger partial charge in [-0.3, -0.25) is 15.0 Å². The van der Waals surface area contributed by atoms with Crippen molar-refractivity contribution in [3.8, 4) is 0 Å². The summed E-state index contributed by atoms with van der Waals surface area (Å²) in [5.74, 6) is -4.24. The van der Waals surface area contributed by atoms with E-state index in [0.717, 1.165) is 6.07 Å². The number of carbonyl (C=O) groups is 1. The Kier molecular flexibility index (Phi) is 4.60. The van der Waals surface area contributed by atoms with Crippen LogP contribution in [0.2, 0.25) is 0 Å². The minimum Gasteiger partial charge on any atom is -0.465 e. The standard InChI is InChI=1S/C16H22F3N5O3S/c1-14(2)12(23-13(25)26)24-15(3,11-8(17)4-5-10(20)22-11)9-6-16(18,19)7-21-28(9,14)27/h4-5,9,21,27H,6-7H2,1-3H3,(H2,20,22)(H,23,24)(H,25,26)/t9-,15+/m1/s1. The number of aromatic nitrogens is 1. The number of fused-ring (bicyclic) bond motifs is 1. The second kappa shape index (κ2) is 6.22. The van der Waals surface area contributed by atoms with Gasteiger partial charge in [-0.25, -0.2) is 22.9 Å². The lowest BCUT2D eigenvalue weighted by Crippen LogP contribution is -2.66. The quantitative estimate of drug-likeness (QED) is 0.474. The number of rotatable bonds is 1. The molecule has 1 aromatic heterocycles. The highest BCUT2D eigenvalue weighted by Crippen LogP contribution is 2.68. The second-order valence-corrected chi connectivity index (χ2v) is 10.7. The van der Waals surface area contributed by atoms with Gasteiger partial charge in [0, 0.05) is 6.42 Å². The number of amides is 1. The van der Waals surface area contributed by atoms with Gasteiger partial charge in [0.2, 0.25) is 0 Å². The fourth-order valence-corrected chi connectivity index (χ4v) is 7.14. The molecule has 3 rings (SSSR count). The molecular formula is C16H22F3N5O3S. The van der Waals surface area contributed by atoms with Crippen molar-refractivity contribution in [1.29, 1.82) is 0 Å². The van der Waals surface area contributed by atoms with Gasteiger partial charge in [-0.15, -0.1) is 0 Å². The Hall–Kier alpha value is -2.05. The van der Waals surface area contributed by atoms with Gasteiger partial charge in [-0.2, -0.15) is 0 Å². The third-order valence-electron chi connectivity index (χ3n) is 5.34. The zero-order valence-electron chi connectivity index (χ0n) is 15.5. The number of alkyl halides is 2. The summed E-state index contributed by atoms with van der Waals surface area (Å²) < 4.78 is 56.0. The maximum atomic E-state index is 14.7. The van der Waals surface area contributed by atoms with Crippen LogP contribution in [0, 0.1) is 5.82 Å². The van der Waals surface area contributed by atoms with E-state index in [4.69, 9.17) is 5.73 Å². The van der Waals surface area contributed by atoms with Gasteiger partial charge in [0.25, 0.3) is 5.92 Å². The minimum atomic E-state index is -3.18. The third-order valence-corrected chi connectivity index (χ3v) is 9.12. The summed E-state index contributed by atoms with van der Waals surface area (Å²) in [6, 6.07) is 2.24. The SMILES string of the molecule is CC1(C)C(NC(=O)O)=N[C@](C)(c2nc(N)ccc2F)[C@H]2CC(F)(F)CNS21O. The molecule has 3 atom stereocenters. The Morgan fingerprint density at radius 1 is 1.39 bits per heavy atom. The first-order valence-electron chi connectivity index (χ1n) is 8.42. The van der Waals surface area contributed by atoms with E-state index in [1.807, 2.05) is 0 Å². The predicted molar refractivity (Wildman–Crippen MR) is 100 cm³/mol. The van der Waals surface area contributed by atoms with Crippen LogP contribution in [0.3, 0.4) is 0 Å². The average Bonchev–Trinajstić information content (AvgIpc) is 2.57. The van der Waals surface area contributed by atoms with Crippen LogP contribution in [0.5, 0.6) is 0 Å². The number of nitrogens with one attached hydrogen (secondary N) is 2. The molecule has 1 amide bonds. The molecule has 2 aliphatic rings. The number of anilines is 1. The molecule has 0 aromatic carbocycles. The van der Waals surface area contributed by atoms with Crippen molar-refractivity contribution in [3.63, 3.8) is 0 Å². The number of hydrogen-bond donors (Lipinski definition) is 5. The maximum absolute atomic E-state index is 14.7. The monoisotopic (exact) mass is 421 g/mol. The molecule has 1 saturated heterocycles. The zero-order chi connectivity index (χ0) is 21.1. The van der Waals surface area contributed by atoms with Crippen molar-refractivity contribution < 1.29 is 27.6 Å². The van der Waals surface area contributed by atoms with Gasteiger partial charge in [-0.1, -0.05) is 10.5 Å². The molecule has 28 heavy (non-hydrogen) atoms. The first-order valence-corrected chi connectivity index (χ1v) is 10.1. The number of nitrogens with zero attached hydrogens (tertiary/aromatic N) is 2. The molecule has 0 bridgehead atoms. The van der Waals surface area contributed by atoms with Gasteiger partial charge in [0.05, 0.1) is 16.5 Å². The molecule has 0 spiro atoms. The smallest absolute Gasteiger partial charge is 0.410 e. The van der Waals surface area contributed by atoms with Crippen LogP contribution in [-0.2, 0) is 5.54 Å². The normalized spacial score (nSPS) is 35.8.